The number of hydrogen-bond donors (Lipinski definition) is 1. The summed E-state index contributed by atoms with van der Waals surface area (Å²) in [7, 11) is -3.73. The molecular formula is C21H28O5S2. The van der Waals surface area contributed by atoms with E-state index in [1.54, 1.807) is 24.3 Å². The van der Waals surface area contributed by atoms with Gasteiger partial charge in [0, 0.05) is 16.9 Å². The summed E-state index contributed by atoms with van der Waals surface area (Å²) in [6, 6.07) is 6.75. The molecule has 0 unspecified atom stereocenters. The minimum Gasteiger partial charge on any atom is -0.481 e. The van der Waals surface area contributed by atoms with Crippen LogP contribution in [0.5, 0.6) is 0 Å². The van der Waals surface area contributed by atoms with Crippen molar-refractivity contribution in [3.05, 3.63) is 42.0 Å². The molecule has 2 bridgehead atoms. The van der Waals surface area contributed by atoms with E-state index >= 15 is 0 Å². The van der Waals surface area contributed by atoms with Crippen molar-refractivity contribution in [3.8, 4) is 0 Å². The molecule has 1 N–H and O–H groups in total. The van der Waals surface area contributed by atoms with Crippen LogP contribution in [-0.4, -0.2) is 36.6 Å². The highest BCUT2D eigenvalue weighted by molar-refractivity contribution is 8.01. The summed E-state index contributed by atoms with van der Waals surface area (Å²) >= 11 is 1.98. The summed E-state index contributed by atoms with van der Waals surface area (Å²) in [5.74, 6) is -0.0924. The Morgan fingerprint density at radius 1 is 1.18 bits per heavy atom. The smallest absolute Gasteiger partial charge is 0.303 e. The number of aryl methyl sites for hydroxylation is 1. The van der Waals surface area contributed by atoms with Crippen LogP contribution in [-0.2, 0) is 19.1 Å². The second-order valence-electron chi connectivity index (χ2n) is 7.66. The maximum absolute atomic E-state index is 12.5. The number of fused-ring (bicyclic) bond motifs is 2. The molecule has 2 saturated heterocycles. The molecule has 2 heterocycles. The van der Waals surface area contributed by atoms with Crippen molar-refractivity contribution < 1.29 is 22.5 Å². The number of aliphatic carboxylic acids is 1. The van der Waals surface area contributed by atoms with Crippen LogP contribution in [0.4, 0.5) is 0 Å². The fraction of sp³-hybridized carbons (Fsp3) is 0.571. The van der Waals surface area contributed by atoms with Crippen molar-refractivity contribution in [2.75, 3.05) is 6.61 Å². The van der Waals surface area contributed by atoms with Gasteiger partial charge in [0.15, 0.2) is 0 Å². The molecule has 2 fully saturated rings. The monoisotopic (exact) mass is 424 g/mol. The van der Waals surface area contributed by atoms with Gasteiger partial charge in [-0.3, -0.25) is 8.98 Å². The Kier molecular flexibility index (Phi) is 7.23. The topological polar surface area (TPSA) is 80.7 Å². The van der Waals surface area contributed by atoms with Gasteiger partial charge in [0.25, 0.3) is 10.1 Å². The Balaban J connectivity index is 1.55. The average molecular weight is 425 g/mol. The molecule has 5 nitrogen and oxygen atoms in total. The van der Waals surface area contributed by atoms with Crippen molar-refractivity contribution in [2.24, 2.45) is 11.8 Å². The average Bonchev–Trinajstić information content (AvgIpc) is 3.24. The number of rotatable bonds is 10. The number of carboxylic acids is 1. The van der Waals surface area contributed by atoms with Crippen LogP contribution in [0.2, 0.25) is 0 Å². The van der Waals surface area contributed by atoms with E-state index < -0.39 is 16.1 Å². The van der Waals surface area contributed by atoms with Gasteiger partial charge in [0.1, 0.15) is 0 Å². The van der Waals surface area contributed by atoms with Crippen molar-refractivity contribution in [1.29, 1.82) is 0 Å². The molecular weight excluding hydrogens is 396 g/mol. The number of benzene rings is 1. The zero-order chi connectivity index (χ0) is 20.1. The minimum absolute atomic E-state index is 0.196. The molecule has 1 aromatic carbocycles. The van der Waals surface area contributed by atoms with Gasteiger partial charge in [-0.15, -0.1) is 0 Å². The molecule has 0 radical (unpaired) electrons. The predicted octanol–water partition coefficient (Wildman–Crippen LogP) is 4.41. The highest BCUT2D eigenvalue weighted by atomic mass is 32.2. The van der Waals surface area contributed by atoms with Crippen LogP contribution >= 0.6 is 11.8 Å². The van der Waals surface area contributed by atoms with Gasteiger partial charge in [0.2, 0.25) is 0 Å². The summed E-state index contributed by atoms with van der Waals surface area (Å²) in [6.45, 7) is 2.16. The highest BCUT2D eigenvalue weighted by Gasteiger charge is 2.48. The predicted molar refractivity (Wildman–Crippen MR) is 111 cm³/mol. The first kappa shape index (κ1) is 21.4. The summed E-state index contributed by atoms with van der Waals surface area (Å²) in [4.78, 5) is 10.8. The molecule has 0 aromatic heterocycles. The third kappa shape index (κ3) is 5.39. The maximum Gasteiger partial charge on any atom is 0.303 e. The summed E-state index contributed by atoms with van der Waals surface area (Å²) < 4.78 is 30.5. The molecule has 28 heavy (non-hydrogen) atoms. The van der Waals surface area contributed by atoms with Gasteiger partial charge in [0.05, 0.1) is 11.5 Å². The molecule has 0 aliphatic carbocycles. The first-order valence-electron chi connectivity index (χ1n) is 9.85. The minimum atomic E-state index is -3.73. The quantitative estimate of drug-likeness (QED) is 0.340. The SMILES string of the molecule is Cc1ccc(S(=O)(=O)OC[C@H]2[C@@H](C/C=C\CCCC(=O)O)[C@H]3CC[C@@H]2S3)cc1. The lowest BCUT2D eigenvalue weighted by atomic mass is 9.78. The zero-order valence-corrected chi connectivity index (χ0v) is 17.8. The lowest BCUT2D eigenvalue weighted by Crippen LogP contribution is -2.31. The van der Waals surface area contributed by atoms with Crippen LogP contribution < -0.4 is 0 Å². The summed E-state index contributed by atoms with van der Waals surface area (Å²) in [6.07, 6.45) is 9.03. The largest absolute Gasteiger partial charge is 0.481 e. The lowest BCUT2D eigenvalue weighted by molar-refractivity contribution is -0.137. The van der Waals surface area contributed by atoms with Crippen molar-refractivity contribution in [3.63, 3.8) is 0 Å². The Labute approximate surface area is 171 Å². The Morgan fingerprint density at radius 3 is 2.54 bits per heavy atom. The number of unbranched alkanes of at least 4 members (excludes halogenated alkanes) is 1. The Hall–Kier alpha value is -1.31. The molecule has 2 aliphatic heterocycles. The number of carbonyl (C=O) groups is 1. The molecule has 7 heteroatoms. The van der Waals surface area contributed by atoms with Crippen molar-refractivity contribution in [1.82, 2.24) is 0 Å². The third-order valence-corrected chi connectivity index (χ3v) is 8.82. The molecule has 0 amide bonds. The van der Waals surface area contributed by atoms with E-state index in [1.807, 2.05) is 18.7 Å². The molecule has 0 spiro atoms. The molecule has 4 atom stereocenters. The van der Waals surface area contributed by atoms with E-state index in [2.05, 4.69) is 12.2 Å². The summed E-state index contributed by atoms with van der Waals surface area (Å²) in [5.41, 5.74) is 1.01. The van der Waals surface area contributed by atoms with E-state index in [-0.39, 0.29) is 23.8 Å². The fourth-order valence-electron chi connectivity index (χ4n) is 4.11. The molecule has 1 aromatic rings. The van der Waals surface area contributed by atoms with Crippen molar-refractivity contribution in [2.45, 2.75) is 60.8 Å². The van der Waals surface area contributed by atoms with Gasteiger partial charge in [-0.2, -0.15) is 20.2 Å². The number of hydrogen-bond acceptors (Lipinski definition) is 5. The molecule has 3 rings (SSSR count). The van der Waals surface area contributed by atoms with Crippen molar-refractivity contribution >= 4 is 27.8 Å². The highest BCUT2D eigenvalue weighted by Crippen LogP contribution is 2.54. The van der Waals surface area contributed by atoms with Gasteiger partial charge < -0.3 is 5.11 Å². The van der Waals surface area contributed by atoms with E-state index in [0.717, 1.165) is 24.8 Å². The number of thioether (sulfide) groups is 1. The van der Waals surface area contributed by atoms with E-state index in [0.29, 0.717) is 22.8 Å². The standard InChI is InChI=1S/C21H28O5S2/c1-15-8-10-16(11-9-15)28(24,25)26-14-18-17(19-12-13-20(18)27-19)6-4-2-3-5-7-21(22)23/h2,4,8-11,17-20H,3,5-7,12-14H2,1H3,(H,22,23)/b4-2-/t17-,18+,19-,20+/m1/s1. The lowest BCUT2D eigenvalue weighted by Gasteiger charge is -2.28. The van der Waals surface area contributed by atoms with E-state index in [1.165, 1.54) is 6.42 Å². The van der Waals surface area contributed by atoms with Crippen LogP contribution in [0.25, 0.3) is 0 Å². The normalized spacial score (nSPS) is 26.9. The second kappa shape index (κ2) is 9.46. The van der Waals surface area contributed by atoms with E-state index in [4.69, 9.17) is 9.29 Å². The first-order valence-corrected chi connectivity index (χ1v) is 12.2. The van der Waals surface area contributed by atoms with Gasteiger partial charge in [-0.05, 0) is 63.0 Å². The van der Waals surface area contributed by atoms with Gasteiger partial charge in [-0.25, -0.2) is 0 Å². The third-order valence-electron chi connectivity index (χ3n) is 5.65. The fourth-order valence-corrected chi connectivity index (χ4v) is 7.04. The van der Waals surface area contributed by atoms with Crippen LogP contribution in [0.1, 0.15) is 44.1 Å². The zero-order valence-electron chi connectivity index (χ0n) is 16.1. The van der Waals surface area contributed by atoms with Gasteiger partial charge >= 0.3 is 5.97 Å². The Morgan fingerprint density at radius 2 is 1.86 bits per heavy atom. The number of carboxylic acid groups (broad SMARTS) is 1. The summed E-state index contributed by atoms with van der Waals surface area (Å²) in [5, 5.41) is 9.73. The molecule has 154 valence electrons. The number of allylic oxidation sites excluding steroid dienone is 2. The van der Waals surface area contributed by atoms with Crippen LogP contribution in [0.15, 0.2) is 41.3 Å². The molecule has 2 aliphatic rings. The first-order chi connectivity index (χ1) is 13.4. The van der Waals surface area contributed by atoms with Crippen LogP contribution in [0, 0.1) is 18.8 Å². The van der Waals surface area contributed by atoms with Gasteiger partial charge in [-0.1, -0.05) is 29.8 Å². The van der Waals surface area contributed by atoms with Crippen LogP contribution in [0.3, 0.4) is 0 Å². The molecule has 0 saturated carbocycles. The Bertz CT molecular complexity index is 801. The van der Waals surface area contributed by atoms with E-state index in [9.17, 15) is 13.2 Å². The second-order valence-corrected chi connectivity index (χ2v) is 10.8. The maximum atomic E-state index is 12.5.